The first-order valence-electron chi connectivity index (χ1n) is 6.00. The minimum Gasteiger partial charge on any atom is -0.480 e. The lowest BCUT2D eigenvalue weighted by molar-refractivity contribution is -0.142. The molecule has 2 N–H and O–H groups in total. The summed E-state index contributed by atoms with van der Waals surface area (Å²) in [7, 11) is 0. The highest BCUT2D eigenvalue weighted by Crippen LogP contribution is 2.25. The molecule has 19 heavy (non-hydrogen) atoms. The number of amides is 2. The molecule has 0 spiro atoms. The van der Waals surface area contributed by atoms with Crippen LogP contribution in [0.3, 0.4) is 0 Å². The van der Waals surface area contributed by atoms with Gasteiger partial charge in [0.25, 0.3) is 0 Å². The summed E-state index contributed by atoms with van der Waals surface area (Å²) in [6.07, 6.45) is 0.729. The number of nitrogens with one attached hydrogen (secondary N) is 1. The first kappa shape index (κ1) is 14.3. The van der Waals surface area contributed by atoms with E-state index in [1.807, 2.05) is 18.4 Å². The largest absolute Gasteiger partial charge is 0.480 e. The van der Waals surface area contributed by atoms with Gasteiger partial charge in [0.1, 0.15) is 6.04 Å². The Hall–Kier alpha value is -1.08. The highest BCUT2D eigenvalue weighted by molar-refractivity contribution is 9.10. The molecule has 0 bridgehead atoms. The van der Waals surface area contributed by atoms with Crippen LogP contribution in [0.1, 0.15) is 18.2 Å². The molecule has 5 nitrogen and oxygen atoms in total. The predicted molar refractivity (Wildman–Crippen MR) is 76.2 cm³/mol. The minimum atomic E-state index is -0.933. The zero-order valence-corrected chi connectivity index (χ0v) is 12.8. The van der Waals surface area contributed by atoms with Gasteiger partial charge in [0.15, 0.2) is 0 Å². The van der Waals surface area contributed by atoms with Crippen LogP contribution in [-0.4, -0.2) is 34.6 Å². The van der Waals surface area contributed by atoms with Gasteiger partial charge in [0.2, 0.25) is 0 Å². The molecule has 2 unspecified atom stereocenters. The summed E-state index contributed by atoms with van der Waals surface area (Å²) in [6.45, 7) is 2.77. The number of thiophene rings is 1. The van der Waals surface area contributed by atoms with Gasteiger partial charge in [0, 0.05) is 15.9 Å². The van der Waals surface area contributed by atoms with Crippen LogP contribution in [0.15, 0.2) is 15.9 Å². The molecule has 7 heteroatoms. The number of aliphatic carboxylic acids is 1. The number of carbonyl (C=O) groups is 2. The topological polar surface area (TPSA) is 69.6 Å². The van der Waals surface area contributed by atoms with Gasteiger partial charge in [-0.3, -0.25) is 0 Å². The maximum absolute atomic E-state index is 12.1. The van der Waals surface area contributed by atoms with E-state index < -0.39 is 12.0 Å². The van der Waals surface area contributed by atoms with Crippen molar-refractivity contribution < 1.29 is 14.7 Å². The molecule has 0 aliphatic carbocycles. The first-order chi connectivity index (χ1) is 9.00. The van der Waals surface area contributed by atoms with Crippen molar-refractivity contribution in [1.29, 1.82) is 0 Å². The van der Waals surface area contributed by atoms with E-state index in [1.165, 1.54) is 4.90 Å². The highest BCUT2D eigenvalue weighted by atomic mass is 79.9. The Balaban J connectivity index is 1.96. The Bertz CT molecular complexity index is 491. The SMILES string of the molecule is CC1CCN(C(=O)NCc2sccc2Br)C1C(=O)O. The van der Waals surface area contributed by atoms with Gasteiger partial charge in [-0.1, -0.05) is 6.92 Å². The fourth-order valence-corrected chi connectivity index (χ4v) is 3.69. The monoisotopic (exact) mass is 346 g/mol. The number of urea groups is 1. The molecule has 1 aliphatic heterocycles. The van der Waals surface area contributed by atoms with Crippen molar-refractivity contribution in [3.8, 4) is 0 Å². The second kappa shape index (κ2) is 5.92. The molecule has 1 fully saturated rings. The summed E-state index contributed by atoms with van der Waals surface area (Å²) in [5.41, 5.74) is 0. The van der Waals surface area contributed by atoms with E-state index in [1.54, 1.807) is 11.3 Å². The number of nitrogens with zero attached hydrogens (tertiary/aromatic N) is 1. The summed E-state index contributed by atoms with van der Waals surface area (Å²) in [5.74, 6) is -0.936. The number of hydrogen-bond donors (Lipinski definition) is 2. The van der Waals surface area contributed by atoms with Crippen LogP contribution in [0.5, 0.6) is 0 Å². The van der Waals surface area contributed by atoms with Crippen molar-refractivity contribution in [3.05, 3.63) is 20.8 Å². The smallest absolute Gasteiger partial charge is 0.326 e. The Morgan fingerprint density at radius 3 is 2.95 bits per heavy atom. The Morgan fingerprint density at radius 2 is 2.37 bits per heavy atom. The fourth-order valence-electron chi connectivity index (χ4n) is 2.26. The molecule has 2 amide bonds. The zero-order chi connectivity index (χ0) is 14.0. The Morgan fingerprint density at radius 1 is 1.63 bits per heavy atom. The van der Waals surface area contributed by atoms with Crippen LogP contribution >= 0.6 is 27.3 Å². The average molecular weight is 347 g/mol. The molecular formula is C12H15BrN2O3S. The third-order valence-corrected chi connectivity index (χ3v) is 5.23. The van der Waals surface area contributed by atoms with E-state index in [9.17, 15) is 14.7 Å². The van der Waals surface area contributed by atoms with Crippen molar-refractivity contribution in [3.63, 3.8) is 0 Å². The Kier molecular flexibility index (Phi) is 4.46. The Labute approximate surface area is 123 Å². The van der Waals surface area contributed by atoms with E-state index in [0.717, 1.165) is 15.8 Å². The van der Waals surface area contributed by atoms with Gasteiger partial charge < -0.3 is 15.3 Å². The lowest BCUT2D eigenvalue weighted by Crippen LogP contribution is -2.47. The van der Waals surface area contributed by atoms with Crippen LogP contribution < -0.4 is 5.32 Å². The lowest BCUT2D eigenvalue weighted by Gasteiger charge is -2.23. The second-order valence-corrected chi connectivity index (χ2v) is 6.45. The number of hydrogen-bond acceptors (Lipinski definition) is 3. The number of rotatable bonds is 3. The van der Waals surface area contributed by atoms with Crippen molar-refractivity contribution in [2.45, 2.75) is 25.9 Å². The molecule has 1 aliphatic rings. The van der Waals surface area contributed by atoms with Crippen LogP contribution in [0.2, 0.25) is 0 Å². The van der Waals surface area contributed by atoms with Gasteiger partial charge in [-0.15, -0.1) is 11.3 Å². The molecule has 1 saturated heterocycles. The van der Waals surface area contributed by atoms with Crippen molar-refractivity contribution >= 4 is 39.3 Å². The zero-order valence-electron chi connectivity index (χ0n) is 10.4. The molecule has 0 aromatic carbocycles. The lowest BCUT2D eigenvalue weighted by atomic mass is 10.0. The highest BCUT2D eigenvalue weighted by Gasteiger charge is 2.39. The van der Waals surface area contributed by atoms with Gasteiger partial charge in [-0.25, -0.2) is 9.59 Å². The van der Waals surface area contributed by atoms with E-state index in [-0.39, 0.29) is 11.9 Å². The number of carboxylic acids is 1. The van der Waals surface area contributed by atoms with Gasteiger partial charge in [0.05, 0.1) is 6.54 Å². The third kappa shape index (κ3) is 3.09. The number of halogens is 1. The molecule has 0 saturated carbocycles. The standard InChI is InChI=1S/C12H15BrN2O3S/c1-7-2-4-15(10(7)11(16)17)12(18)14-6-9-8(13)3-5-19-9/h3,5,7,10H,2,4,6H2,1H3,(H,14,18)(H,16,17). The molecule has 2 atom stereocenters. The predicted octanol–water partition coefficient (Wildman–Crippen LogP) is 2.52. The van der Waals surface area contributed by atoms with Crippen molar-refractivity contribution in [2.75, 3.05) is 6.54 Å². The summed E-state index contributed by atoms with van der Waals surface area (Å²) in [5, 5.41) is 13.9. The number of carbonyl (C=O) groups excluding carboxylic acids is 1. The van der Waals surface area contributed by atoms with Gasteiger partial charge in [-0.05, 0) is 39.7 Å². The second-order valence-electron chi connectivity index (χ2n) is 4.59. The molecule has 2 heterocycles. The van der Waals surface area contributed by atoms with Crippen molar-refractivity contribution in [2.24, 2.45) is 5.92 Å². The maximum atomic E-state index is 12.1. The third-order valence-electron chi connectivity index (χ3n) is 3.31. The molecule has 1 aromatic heterocycles. The van der Waals surface area contributed by atoms with E-state index >= 15 is 0 Å². The van der Waals surface area contributed by atoms with Gasteiger partial charge in [-0.2, -0.15) is 0 Å². The molecule has 104 valence electrons. The molecular weight excluding hydrogens is 332 g/mol. The molecule has 0 radical (unpaired) electrons. The average Bonchev–Trinajstić information content (AvgIpc) is 2.92. The fraction of sp³-hybridized carbons (Fsp3) is 0.500. The van der Waals surface area contributed by atoms with E-state index in [4.69, 9.17) is 0 Å². The van der Waals surface area contributed by atoms with Crippen molar-refractivity contribution in [1.82, 2.24) is 10.2 Å². The normalized spacial score (nSPS) is 22.5. The number of carboxylic acid groups (broad SMARTS) is 1. The van der Waals surface area contributed by atoms with Crippen LogP contribution in [0.4, 0.5) is 4.79 Å². The van der Waals surface area contributed by atoms with Crippen LogP contribution in [-0.2, 0) is 11.3 Å². The van der Waals surface area contributed by atoms with E-state index in [0.29, 0.717) is 13.1 Å². The molecule has 1 aromatic rings. The summed E-state index contributed by atoms with van der Waals surface area (Å²) in [6, 6.07) is 0.897. The number of likely N-dealkylation sites (tertiary alicyclic amines) is 1. The molecule has 2 rings (SSSR count). The van der Waals surface area contributed by atoms with Crippen LogP contribution in [0.25, 0.3) is 0 Å². The summed E-state index contributed by atoms with van der Waals surface area (Å²) in [4.78, 5) is 25.7. The summed E-state index contributed by atoms with van der Waals surface area (Å²) >= 11 is 4.94. The minimum absolute atomic E-state index is 0.00303. The first-order valence-corrected chi connectivity index (χ1v) is 7.67. The van der Waals surface area contributed by atoms with Gasteiger partial charge >= 0.3 is 12.0 Å². The van der Waals surface area contributed by atoms with E-state index in [2.05, 4.69) is 21.2 Å². The van der Waals surface area contributed by atoms with Crippen LogP contribution in [0, 0.1) is 5.92 Å². The maximum Gasteiger partial charge on any atom is 0.326 e. The summed E-state index contributed by atoms with van der Waals surface area (Å²) < 4.78 is 0.961. The quantitative estimate of drug-likeness (QED) is 0.883.